The summed E-state index contributed by atoms with van der Waals surface area (Å²) in [5, 5.41) is 0. The number of nitrogens with two attached hydrogens (primary N) is 1. The van der Waals surface area contributed by atoms with Gasteiger partial charge >= 0.3 is 0 Å². The third-order valence-electron chi connectivity index (χ3n) is 0.982. The molecule has 2 N–H and O–H groups in total. The molecule has 0 aromatic heterocycles. The summed E-state index contributed by atoms with van der Waals surface area (Å²) in [6.07, 6.45) is 0. The normalized spacial score (nSPS) is 13.4. The lowest BCUT2D eigenvalue weighted by Gasteiger charge is -2.00. The molecule has 3 heteroatoms. The van der Waals surface area contributed by atoms with E-state index in [0.29, 0.717) is 0 Å². The van der Waals surface area contributed by atoms with Crippen molar-refractivity contribution in [3.05, 3.63) is 0 Å². The van der Waals surface area contributed by atoms with Gasteiger partial charge in [-0.25, -0.2) is 0 Å². The second kappa shape index (κ2) is 4.26. The van der Waals surface area contributed by atoms with Crippen molar-refractivity contribution in [1.29, 1.82) is 0 Å². The second-order valence-corrected chi connectivity index (χ2v) is 2.61. The molecule has 48 valence electrons. The highest BCUT2D eigenvalue weighted by atomic mass is 127. The first-order valence-corrected chi connectivity index (χ1v) is 4.03. The summed E-state index contributed by atoms with van der Waals surface area (Å²) in [6, 6.07) is 0. The molecular weight excluding hydrogens is 217 g/mol. The zero-order valence-corrected chi connectivity index (χ0v) is 7.01. The van der Waals surface area contributed by atoms with Gasteiger partial charge in [-0.3, -0.25) is 4.79 Å². The number of rotatable bonds is 3. The van der Waals surface area contributed by atoms with E-state index < -0.39 is 0 Å². The van der Waals surface area contributed by atoms with Crippen molar-refractivity contribution in [2.24, 2.45) is 11.7 Å². The number of ketones is 1. The summed E-state index contributed by atoms with van der Waals surface area (Å²) >= 11 is 2.18. The van der Waals surface area contributed by atoms with Crippen molar-refractivity contribution >= 4 is 28.4 Å². The maximum Gasteiger partial charge on any atom is 0.149 e. The van der Waals surface area contributed by atoms with E-state index in [2.05, 4.69) is 22.6 Å². The average molecular weight is 227 g/mol. The van der Waals surface area contributed by atoms with Crippen LogP contribution in [0.5, 0.6) is 0 Å². The van der Waals surface area contributed by atoms with Crippen molar-refractivity contribution in [2.45, 2.75) is 6.92 Å². The van der Waals surface area contributed by atoms with Crippen LogP contribution >= 0.6 is 22.6 Å². The van der Waals surface area contributed by atoms with Gasteiger partial charge in [-0.2, -0.15) is 0 Å². The standard InChI is InChI=1S/C5H10INO/c1-4(2-6)5(8)3-7/h4H,2-3,7H2,1H3. The Morgan fingerprint density at radius 1 is 1.88 bits per heavy atom. The molecule has 0 saturated heterocycles. The van der Waals surface area contributed by atoms with Gasteiger partial charge in [0.15, 0.2) is 0 Å². The molecule has 1 unspecified atom stereocenters. The first-order chi connectivity index (χ1) is 3.72. The lowest BCUT2D eigenvalue weighted by atomic mass is 10.1. The zero-order valence-electron chi connectivity index (χ0n) is 4.86. The molecule has 0 aliphatic rings. The van der Waals surface area contributed by atoms with Gasteiger partial charge in [0.1, 0.15) is 5.78 Å². The minimum absolute atomic E-state index is 0.139. The predicted molar refractivity (Wildman–Crippen MR) is 42.1 cm³/mol. The quantitative estimate of drug-likeness (QED) is 0.566. The van der Waals surface area contributed by atoms with Crippen molar-refractivity contribution in [3.63, 3.8) is 0 Å². The van der Waals surface area contributed by atoms with Gasteiger partial charge in [0, 0.05) is 10.3 Å². The van der Waals surface area contributed by atoms with Crippen LogP contribution in [0.2, 0.25) is 0 Å². The Balaban J connectivity index is 3.46. The van der Waals surface area contributed by atoms with E-state index in [9.17, 15) is 4.79 Å². The minimum Gasteiger partial charge on any atom is -0.324 e. The maximum atomic E-state index is 10.6. The maximum absolute atomic E-state index is 10.6. The molecule has 0 aromatic carbocycles. The van der Waals surface area contributed by atoms with Crippen LogP contribution in [0, 0.1) is 5.92 Å². The van der Waals surface area contributed by atoms with E-state index in [0.717, 1.165) is 4.43 Å². The highest BCUT2D eigenvalue weighted by Gasteiger charge is 2.06. The van der Waals surface area contributed by atoms with Crippen molar-refractivity contribution in [3.8, 4) is 0 Å². The van der Waals surface area contributed by atoms with Crippen LogP contribution in [0.15, 0.2) is 0 Å². The molecule has 1 atom stereocenters. The van der Waals surface area contributed by atoms with Crippen molar-refractivity contribution in [2.75, 3.05) is 11.0 Å². The lowest BCUT2D eigenvalue weighted by molar-refractivity contribution is -0.120. The van der Waals surface area contributed by atoms with E-state index in [1.165, 1.54) is 0 Å². The molecule has 0 spiro atoms. The topological polar surface area (TPSA) is 43.1 Å². The lowest BCUT2D eigenvalue weighted by Crippen LogP contribution is -2.21. The Morgan fingerprint density at radius 2 is 2.38 bits per heavy atom. The van der Waals surface area contributed by atoms with Crippen LogP contribution in [0.25, 0.3) is 0 Å². The predicted octanol–water partition coefficient (Wildman–Crippen LogP) is 0.585. The molecule has 8 heavy (non-hydrogen) atoms. The Labute approximate surface area is 63.0 Å². The number of halogens is 1. The Morgan fingerprint density at radius 3 is 2.50 bits per heavy atom. The molecule has 0 bridgehead atoms. The van der Waals surface area contributed by atoms with E-state index in [-0.39, 0.29) is 18.2 Å². The smallest absolute Gasteiger partial charge is 0.149 e. The van der Waals surface area contributed by atoms with Crippen LogP contribution in [0.3, 0.4) is 0 Å². The van der Waals surface area contributed by atoms with Gasteiger partial charge in [0.25, 0.3) is 0 Å². The van der Waals surface area contributed by atoms with Crippen LogP contribution in [-0.2, 0) is 4.79 Å². The van der Waals surface area contributed by atoms with Crippen LogP contribution in [0.4, 0.5) is 0 Å². The minimum atomic E-state index is 0.139. The molecule has 0 heterocycles. The molecule has 2 nitrogen and oxygen atoms in total. The Kier molecular flexibility index (Phi) is 4.45. The fraction of sp³-hybridized carbons (Fsp3) is 0.800. The van der Waals surface area contributed by atoms with E-state index in [4.69, 9.17) is 5.73 Å². The van der Waals surface area contributed by atoms with Gasteiger partial charge < -0.3 is 5.73 Å². The number of carbonyl (C=O) groups is 1. The summed E-state index contributed by atoms with van der Waals surface area (Å²) in [6.45, 7) is 2.08. The van der Waals surface area contributed by atoms with Crippen molar-refractivity contribution in [1.82, 2.24) is 0 Å². The molecule has 0 fully saturated rings. The molecule has 0 rings (SSSR count). The number of Topliss-reactive ketones (excluding diaryl/α,β-unsaturated/α-hetero) is 1. The summed E-state index contributed by atoms with van der Waals surface area (Å²) in [5.74, 6) is 0.292. The summed E-state index contributed by atoms with van der Waals surface area (Å²) in [7, 11) is 0. The fourth-order valence-electron chi connectivity index (χ4n) is 0.287. The third kappa shape index (κ3) is 2.61. The van der Waals surface area contributed by atoms with Gasteiger partial charge in [-0.05, 0) is 0 Å². The zero-order chi connectivity index (χ0) is 6.57. The fourth-order valence-corrected chi connectivity index (χ4v) is 0.778. The highest BCUT2D eigenvalue weighted by Crippen LogP contribution is 1.99. The molecule has 0 aliphatic carbocycles. The first kappa shape index (κ1) is 8.36. The van der Waals surface area contributed by atoms with E-state index >= 15 is 0 Å². The Bertz CT molecular complexity index is 84.5. The number of hydrogen-bond donors (Lipinski definition) is 1. The summed E-state index contributed by atoms with van der Waals surface area (Å²) in [4.78, 5) is 10.6. The van der Waals surface area contributed by atoms with Crippen LogP contribution < -0.4 is 5.73 Å². The number of carbonyl (C=O) groups excluding carboxylic acids is 1. The molecule has 0 aromatic rings. The van der Waals surface area contributed by atoms with Gasteiger partial charge in [0.05, 0.1) is 6.54 Å². The van der Waals surface area contributed by atoms with E-state index in [1.54, 1.807) is 0 Å². The number of alkyl halides is 1. The van der Waals surface area contributed by atoms with Crippen LogP contribution in [-0.4, -0.2) is 16.8 Å². The van der Waals surface area contributed by atoms with Gasteiger partial charge in [-0.15, -0.1) is 0 Å². The summed E-state index contributed by atoms with van der Waals surface area (Å²) < 4.78 is 0.869. The molecule has 0 amide bonds. The monoisotopic (exact) mass is 227 g/mol. The van der Waals surface area contributed by atoms with Gasteiger partial charge in [-0.1, -0.05) is 29.5 Å². The molecule has 0 aliphatic heterocycles. The first-order valence-electron chi connectivity index (χ1n) is 2.51. The largest absolute Gasteiger partial charge is 0.324 e. The molecule has 0 saturated carbocycles. The second-order valence-electron chi connectivity index (χ2n) is 1.73. The van der Waals surface area contributed by atoms with Crippen molar-refractivity contribution < 1.29 is 4.79 Å². The van der Waals surface area contributed by atoms with Crippen LogP contribution in [0.1, 0.15) is 6.92 Å². The number of hydrogen-bond acceptors (Lipinski definition) is 2. The van der Waals surface area contributed by atoms with E-state index in [1.807, 2.05) is 6.92 Å². The average Bonchev–Trinajstić information content (AvgIpc) is 1.84. The molecule has 0 radical (unpaired) electrons. The summed E-state index contributed by atoms with van der Waals surface area (Å²) in [5.41, 5.74) is 5.10. The third-order valence-corrected chi connectivity index (χ3v) is 2.30. The highest BCUT2D eigenvalue weighted by molar-refractivity contribution is 14.1. The Hall–Kier alpha value is 0.360. The SMILES string of the molecule is CC(CI)C(=O)CN. The molecular formula is C5H10INO. The van der Waals surface area contributed by atoms with Gasteiger partial charge in [0.2, 0.25) is 0 Å².